The minimum Gasteiger partial charge on any atom is -0.331 e. The normalized spacial score (nSPS) is 17.0. The van der Waals surface area contributed by atoms with Crippen molar-refractivity contribution in [2.45, 2.75) is 42.0 Å². The van der Waals surface area contributed by atoms with Gasteiger partial charge in [0.05, 0.1) is 17.3 Å². The van der Waals surface area contributed by atoms with Crippen LogP contribution in [0, 0.1) is 0 Å². The monoisotopic (exact) mass is 443 g/mol. The largest absolute Gasteiger partial charge is 0.331 e. The number of hydrogen-bond donors (Lipinski definition) is 2. The fraction of sp³-hybridized carbons (Fsp3) is 0.231. The lowest BCUT2D eigenvalue weighted by Gasteiger charge is -2.26. The van der Waals surface area contributed by atoms with Crippen LogP contribution in [-0.4, -0.2) is 18.5 Å². The minimum atomic E-state index is -0.231. The van der Waals surface area contributed by atoms with Gasteiger partial charge in [-0.05, 0) is 67.6 Å². The lowest BCUT2D eigenvalue weighted by molar-refractivity contribution is 0.0985. The molecule has 5 rings (SSSR count). The summed E-state index contributed by atoms with van der Waals surface area (Å²) in [6.07, 6.45) is 3.05. The van der Waals surface area contributed by atoms with Crippen molar-refractivity contribution in [3.8, 4) is 0 Å². The van der Waals surface area contributed by atoms with Crippen LogP contribution < -0.4 is 15.5 Å². The van der Waals surface area contributed by atoms with E-state index in [1.807, 2.05) is 61.5 Å². The van der Waals surface area contributed by atoms with Gasteiger partial charge in [0.2, 0.25) is 0 Å². The summed E-state index contributed by atoms with van der Waals surface area (Å²) in [5.41, 5.74) is 4.71. The van der Waals surface area contributed by atoms with Crippen LogP contribution in [0.25, 0.3) is 0 Å². The molecular formula is C26H25N3O2S. The molecule has 2 aliphatic rings. The number of carbonyl (C=O) groups excluding carboxylic acids is 2. The average Bonchev–Trinajstić information content (AvgIpc) is 2.93. The van der Waals surface area contributed by atoms with Gasteiger partial charge in [-0.1, -0.05) is 48.2 Å². The van der Waals surface area contributed by atoms with Crippen molar-refractivity contribution < 1.29 is 9.59 Å². The number of nitrogens with one attached hydrogen (secondary N) is 2. The zero-order valence-corrected chi connectivity index (χ0v) is 18.7. The fourth-order valence-electron chi connectivity index (χ4n) is 4.54. The highest BCUT2D eigenvalue weighted by molar-refractivity contribution is 7.99. The van der Waals surface area contributed by atoms with Crippen LogP contribution in [0.3, 0.4) is 0 Å². The quantitative estimate of drug-likeness (QED) is 0.521. The number of rotatable bonds is 3. The van der Waals surface area contributed by atoms with Crippen molar-refractivity contribution in [3.05, 3.63) is 83.4 Å². The van der Waals surface area contributed by atoms with Gasteiger partial charge in [-0.15, -0.1) is 0 Å². The number of benzene rings is 3. The highest BCUT2D eigenvalue weighted by atomic mass is 32.2. The van der Waals surface area contributed by atoms with E-state index in [0.717, 1.165) is 34.7 Å². The molecule has 3 aromatic carbocycles. The first-order chi connectivity index (χ1) is 15.6. The van der Waals surface area contributed by atoms with Gasteiger partial charge in [0.25, 0.3) is 5.91 Å². The number of fused-ring (bicyclic) bond motifs is 3. The summed E-state index contributed by atoms with van der Waals surface area (Å²) in [6, 6.07) is 21.5. The topological polar surface area (TPSA) is 61.4 Å². The predicted molar refractivity (Wildman–Crippen MR) is 129 cm³/mol. The van der Waals surface area contributed by atoms with Gasteiger partial charge in [-0.3, -0.25) is 4.79 Å². The Morgan fingerprint density at radius 1 is 1.06 bits per heavy atom. The highest BCUT2D eigenvalue weighted by Crippen LogP contribution is 2.42. The van der Waals surface area contributed by atoms with E-state index in [9.17, 15) is 9.59 Å². The first-order valence-corrected chi connectivity index (χ1v) is 11.8. The van der Waals surface area contributed by atoms with Crippen molar-refractivity contribution in [1.29, 1.82) is 0 Å². The molecule has 162 valence electrons. The van der Waals surface area contributed by atoms with Crippen LogP contribution in [0.2, 0.25) is 0 Å². The maximum Gasteiger partial charge on any atom is 0.319 e. The number of carbonyl (C=O) groups is 2. The van der Waals surface area contributed by atoms with E-state index in [1.165, 1.54) is 11.1 Å². The van der Waals surface area contributed by atoms with E-state index in [2.05, 4.69) is 22.8 Å². The summed E-state index contributed by atoms with van der Waals surface area (Å²) >= 11 is 1.58. The lowest BCUT2D eigenvalue weighted by atomic mass is 9.88. The van der Waals surface area contributed by atoms with Crippen molar-refractivity contribution in [2.75, 3.05) is 16.8 Å². The van der Waals surface area contributed by atoms with E-state index in [1.54, 1.807) is 16.7 Å². The molecule has 0 saturated carbocycles. The molecule has 6 heteroatoms. The standard InChI is InChI=1S/C26H25N3O2S/c1-2-29-22-16-18(14-15-24(22)32-23-13-6-5-11-20(23)25(29)30)27-26(31)28-21-12-7-9-17-8-3-4-10-19(17)21/h3-6,8,10-11,13-16,21H,2,7,9,12H2,1H3,(H2,27,28,31)/t21-/m1/s1. The highest BCUT2D eigenvalue weighted by Gasteiger charge is 2.27. The number of urea groups is 1. The van der Waals surface area contributed by atoms with Crippen molar-refractivity contribution >= 4 is 35.1 Å². The summed E-state index contributed by atoms with van der Waals surface area (Å²) in [7, 11) is 0. The van der Waals surface area contributed by atoms with Crippen LogP contribution in [0.15, 0.2) is 76.5 Å². The molecule has 0 spiro atoms. The molecule has 2 N–H and O–H groups in total. The Bertz CT molecular complexity index is 1190. The minimum absolute atomic E-state index is 0.0135. The molecule has 0 fully saturated rings. The number of hydrogen-bond acceptors (Lipinski definition) is 3. The van der Waals surface area contributed by atoms with Gasteiger partial charge < -0.3 is 15.5 Å². The Morgan fingerprint density at radius 3 is 2.75 bits per heavy atom. The molecule has 0 aromatic heterocycles. The maximum atomic E-state index is 13.2. The zero-order valence-electron chi connectivity index (χ0n) is 17.9. The SMILES string of the molecule is CCN1C(=O)c2ccccc2Sc2ccc(NC(=O)N[C@@H]3CCCc4ccccc43)cc21. The molecule has 3 aromatic rings. The molecule has 1 aliphatic heterocycles. The third-order valence-corrected chi connectivity index (χ3v) is 7.22. The molecule has 1 heterocycles. The van der Waals surface area contributed by atoms with Crippen LogP contribution >= 0.6 is 11.8 Å². The molecule has 0 unspecified atom stereocenters. The first-order valence-electron chi connectivity index (χ1n) is 11.0. The van der Waals surface area contributed by atoms with Crippen molar-refractivity contribution in [1.82, 2.24) is 5.32 Å². The Balaban J connectivity index is 1.37. The van der Waals surface area contributed by atoms with E-state index < -0.39 is 0 Å². The van der Waals surface area contributed by atoms with Gasteiger partial charge in [-0.25, -0.2) is 4.79 Å². The van der Waals surface area contributed by atoms with E-state index in [-0.39, 0.29) is 18.0 Å². The summed E-state index contributed by atoms with van der Waals surface area (Å²) in [5, 5.41) is 6.10. The third kappa shape index (κ3) is 3.86. The molecule has 0 bridgehead atoms. The number of aryl methyl sites for hydroxylation is 1. The van der Waals surface area contributed by atoms with Gasteiger partial charge in [-0.2, -0.15) is 0 Å². The number of amides is 3. The molecular weight excluding hydrogens is 418 g/mol. The fourth-order valence-corrected chi connectivity index (χ4v) is 5.60. The van der Waals surface area contributed by atoms with Gasteiger partial charge in [0.15, 0.2) is 0 Å². The van der Waals surface area contributed by atoms with Gasteiger partial charge >= 0.3 is 6.03 Å². The second-order valence-electron chi connectivity index (χ2n) is 8.07. The second kappa shape index (κ2) is 8.71. The second-order valence-corrected chi connectivity index (χ2v) is 9.16. The summed E-state index contributed by atoms with van der Waals surface area (Å²) in [4.78, 5) is 29.7. The summed E-state index contributed by atoms with van der Waals surface area (Å²) in [6.45, 7) is 2.52. The Hall–Kier alpha value is -3.25. The summed E-state index contributed by atoms with van der Waals surface area (Å²) in [5.74, 6) is -0.0187. The van der Waals surface area contributed by atoms with Crippen LogP contribution in [0.5, 0.6) is 0 Å². The number of nitrogens with zero attached hydrogens (tertiary/aromatic N) is 1. The van der Waals surface area contributed by atoms with E-state index in [0.29, 0.717) is 17.8 Å². The van der Waals surface area contributed by atoms with Crippen LogP contribution in [0.4, 0.5) is 16.2 Å². The van der Waals surface area contributed by atoms with Crippen molar-refractivity contribution in [2.24, 2.45) is 0 Å². The average molecular weight is 444 g/mol. The van der Waals surface area contributed by atoms with Gasteiger partial charge in [0.1, 0.15) is 0 Å². The lowest BCUT2D eigenvalue weighted by Crippen LogP contribution is -2.34. The smallest absolute Gasteiger partial charge is 0.319 e. The third-order valence-electron chi connectivity index (χ3n) is 6.08. The summed E-state index contributed by atoms with van der Waals surface area (Å²) < 4.78 is 0. The molecule has 1 atom stereocenters. The van der Waals surface area contributed by atoms with Crippen LogP contribution in [0.1, 0.15) is 47.3 Å². The van der Waals surface area contributed by atoms with E-state index >= 15 is 0 Å². The Labute approximate surface area is 192 Å². The van der Waals surface area contributed by atoms with E-state index in [4.69, 9.17) is 0 Å². The van der Waals surface area contributed by atoms with Crippen LogP contribution in [-0.2, 0) is 6.42 Å². The molecule has 32 heavy (non-hydrogen) atoms. The zero-order chi connectivity index (χ0) is 22.1. The molecule has 1 aliphatic carbocycles. The molecule has 3 amide bonds. The Kier molecular flexibility index (Phi) is 5.62. The molecule has 5 nitrogen and oxygen atoms in total. The predicted octanol–water partition coefficient (Wildman–Crippen LogP) is 6.02. The Morgan fingerprint density at radius 2 is 1.88 bits per heavy atom. The number of anilines is 2. The van der Waals surface area contributed by atoms with Crippen molar-refractivity contribution in [3.63, 3.8) is 0 Å². The van der Waals surface area contributed by atoms with Gasteiger partial charge in [0, 0.05) is 22.0 Å². The first kappa shape index (κ1) is 20.6. The maximum absolute atomic E-state index is 13.2. The molecule has 0 radical (unpaired) electrons. The molecule has 0 saturated heterocycles.